The Morgan fingerprint density at radius 3 is 2.69 bits per heavy atom. The Hall–Kier alpha value is -1.14. The molecule has 26 heavy (non-hydrogen) atoms. The van der Waals surface area contributed by atoms with E-state index in [-0.39, 0.29) is 24.8 Å². The number of methoxy groups -OCH3 is 2. The van der Waals surface area contributed by atoms with Crippen molar-refractivity contribution in [2.75, 3.05) is 20.8 Å². The molecular formula is C18H26Cl3N3O2. The Kier molecular flexibility index (Phi) is 9.04. The molecule has 0 unspecified atom stereocenters. The summed E-state index contributed by atoms with van der Waals surface area (Å²) in [6.07, 6.45) is 7.21. The predicted molar refractivity (Wildman–Crippen MR) is 111 cm³/mol. The Balaban J connectivity index is 0.00000169. The highest BCUT2D eigenvalue weighted by Gasteiger charge is 2.25. The summed E-state index contributed by atoms with van der Waals surface area (Å²) in [4.78, 5) is 4.57. The van der Waals surface area contributed by atoms with Crippen molar-refractivity contribution >= 4 is 36.4 Å². The average molecular weight is 423 g/mol. The lowest BCUT2D eigenvalue weighted by Crippen LogP contribution is -2.38. The largest absolute Gasteiger partial charge is 0.493 e. The Bertz CT molecular complexity index is 709. The molecule has 1 aromatic heterocycles. The first-order valence-corrected chi connectivity index (χ1v) is 8.74. The fourth-order valence-corrected chi connectivity index (χ4v) is 3.74. The average Bonchev–Trinajstić information content (AvgIpc) is 3.10. The van der Waals surface area contributed by atoms with Gasteiger partial charge in [0, 0.05) is 30.0 Å². The van der Waals surface area contributed by atoms with Crippen LogP contribution < -0.4 is 14.8 Å². The van der Waals surface area contributed by atoms with E-state index in [1.807, 2.05) is 24.5 Å². The monoisotopic (exact) mass is 421 g/mol. The van der Waals surface area contributed by atoms with Gasteiger partial charge in [0.25, 0.3) is 0 Å². The number of aromatic nitrogens is 2. The summed E-state index contributed by atoms with van der Waals surface area (Å²) < 4.78 is 13.0. The number of hydrogen-bond acceptors (Lipinski definition) is 4. The van der Waals surface area contributed by atoms with E-state index in [0.717, 1.165) is 37.2 Å². The number of ether oxygens (including phenoxy) is 2. The van der Waals surface area contributed by atoms with Gasteiger partial charge in [-0.25, -0.2) is 4.98 Å². The molecule has 1 saturated heterocycles. The van der Waals surface area contributed by atoms with E-state index >= 15 is 0 Å². The van der Waals surface area contributed by atoms with Gasteiger partial charge in [-0.05, 0) is 37.9 Å². The fourth-order valence-electron chi connectivity index (χ4n) is 3.43. The zero-order valence-electron chi connectivity index (χ0n) is 15.2. The minimum Gasteiger partial charge on any atom is -0.493 e. The summed E-state index contributed by atoms with van der Waals surface area (Å²) in [6, 6.07) is 4.80. The van der Waals surface area contributed by atoms with Crippen molar-refractivity contribution in [1.82, 2.24) is 14.9 Å². The molecule has 0 spiro atoms. The molecule has 2 heterocycles. The third-order valence-electron chi connectivity index (χ3n) is 4.75. The van der Waals surface area contributed by atoms with Gasteiger partial charge in [0.1, 0.15) is 5.82 Å². The predicted octanol–water partition coefficient (Wildman–Crippen LogP) is 4.77. The zero-order chi connectivity index (χ0) is 17.1. The summed E-state index contributed by atoms with van der Waals surface area (Å²) in [5, 5.41) is 4.10. The van der Waals surface area contributed by atoms with Gasteiger partial charge in [-0.3, -0.25) is 0 Å². The first-order valence-electron chi connectivity index (χ1n) is 8.36. The van der Waals surface area contributed by atoms with Crippen LogP contribution in [0.1, 0.15) is 32.2 Å². The summed E-state index contributed by atoms with van der Waals surface area (Å²) in [6.45, 7) is 3.25. The van der Waals surface area contributed by atoms with Crippen molar-refractivity contribution < 1.29 is 9.47 Å². The van der Waals surface area contributed by atoms with Crippen LogP contribution in [0.3, 0.4) is 0 Å². The lowest BCUT2D eigenvalue weighted by molar-refractivity contribution is 0.297. The number of piperidine rings is 1. The molecule has 0 amide bonds. The Labute approximate surface area is 172 Å². The van der Waals surface area contributed by atoms with Crippen LogP contribution in [0.4, 0.5) is 0 Å². The van der Waals surface area contributed by atoms with E-state index in [4.69, 9.17) is 21.1 Å². The normalized spacial score (nSPS) is 19.2. The molecular weight excluding hydrogens is 397 g/mol. The number of imidazole rings is 1. The second kappa shape index (κ2) is 10.3. The van der Waals surface area contributed by atoms with Gasteiger partial charge in [0.05, 0.1) is 19.2 Å². The molecule has 1 aliphatic rings. The first kappa shape index (κ1) is 22.9. The third kappa shape index (κ3) is 4.39. The topological polar surface area (TPSA) is 48.3 Å². The van der Waals surface area contributed by atoms with Gasteiger partial charge in [-0.1, -0.05) is 18.5 Å². The molecule has 0 bridgehead atoms. The van der Waals surface area contributed by atoms with E-state index in [0.29, 0.717) is 28.6 Å². The van der Waals surface area contributed by atoms with Crippen LogP contribution in [0.15, 0.2) is 24.5 Å². The van der Waals surface area contributed by atoms with Crippen molar-refractivity contribution in [2.24, 2.45) is 0 Å². The molecule has 8 heteroatoms. The summed E-state index contributed by atoms with van der Waals surface area (Å²) >= 11 is 6.58. The SMILES string of the molecule is CC[C@@H]1C[C@H](n2ccnc2-c2ccc(OC)c(OC)c2Cl)CCN1.Cl.Cl. The molecule has 1 N–H and O–H groups in total. The third-order valence-corrected chi connectivity index (χ3v) is 5.12. The van der Waals surface area contributed by atoms with Crippen molar-refractivity contribution in [3.8, 4) is 22.9 Å². The van der Waals surface area contributed by atoms with E-state index in [1.165, 1.54) is 0 Å². The van der Waals surface area contributed by atoms with Crippen LogP contribution in [-0.4, -0.2) is 36.4 Å². The summed E-state index contributed by atoms with van der Waals surface area (Å²) in [5.74, 6) is 2.04. The molecule has 1 aromatic carbocycles. The minimum absolute atomic E-state index is 0. The van der Waals surface area contributed by atoms with Gasteiger partial charge < -0.3 is 19.4 Å². The van der Waals surface area contributed by atoms with E-state index in [1.54, 1.807) is 14.2 Å². The van der Waals surface area contributed by atoms with Crippen molar-refractivity contribution in [2.45, 2.75) is 38.3 Å². The highest BCUT2D eigenvalue weighted by atomic mass is 35.5. The number of benzene rings is 1. The highest BCUT2D eigenvalue weighted by Crippen LogP contribution is 2.42. The van der Waals surface area contributed by atoms with Gasteiger partial charge in [0.2, 0.25) is 0 Å². The summed E-state index contributed by atoms with van der Waals surface area (Å²) in [7, 11) is 3.20. The van der Waals surface area contributed by atoms with Gasteiger partial charge in [-0.15, -0.1) is 24.8 Å². The number of nitrogens with zero attached hydrogens (tertiary/aromatic N) is 2. The van der Waals surface area contributed by atoms with Gasteiger partial charge in [0.15, 0.2) is 11.5 Å². The van der Waals surface area contributed by atoms with Crippen molar-refractivity contribution in [3.05, 3.63) is 29.5 Å². The quantitative estimate of drug-likeness (QED) is 0.754. The first-order chi connectivity index (χ1) is 11.7. The Morgan fingerprint density at radius 2 is 2.04 bits per heavy atom. The van der Waals surface area contributed by atoms with Gasteiger partial charge >= 0.3 is 0 Å². The van der Waals surface area contributed by atoms with Gasteiger partial charge in [-0.2, -0.15) is 0 Å². The minimum atomic E-state index is 0. The lowest BCUT2D eigenvalue weighted by Gasteiger charge is -2.31. The molecule has 0 radical (unpaired) electrons. The van der Waals surface area contributed by atoms with Crippen molar-refractivity contribution in [3.63, 3.8) is 0 Å². The molecule has 1 aliphatic heterocycles. The van der Waals surface area contributed by atoms with Crippen LogP contribution in [-0.2, 0) is 0 Å². The van der Waals surface area contributed by atoms with Crippen LogP contribution in [0.25, 0.3) is 11.4 Å². The van der Waals surface area contributed by atoms with Crippen LogP contribution in [0.5, 0.6) is 11.5 Å². The number of hydrogen-bond donors (Lipinski definition) is 1. The van der Waals surface area contributed by atoms with E-state index in [2.05, 4.69) is 21.8 Å². The molecule has 2 aromatic rings. The van der Waals surface area contributed by atoms with Crippen LogP contribution >= 0.6 is 36.4 Å². The molecule has 0 aliphatic carbocycles. The maximum atomic E-state index is 6.58. The number of halogens is 3. The second-order valence-electron chi connectivity index (χ2n) is 6.06. The van der Waals surface area contributed by atoms with Crippen molar-refractivity contribution in [1.29, 1.82) is 0 Å². The Morgan fingerprint density at radius 1 is 1.27 bits per heavy atom. The highest BCUT2D eigenvalue weighted by molar-refractivity contribution is 6.35. The number of rotatable bonds is 5. The second-order valence-corrected chi connectivity index (χ2v) is 6.44. The molecule has 5 nitrogen and oxygen atoms in total. The van der Waals surface area contributed by atoms with E-state index < -0.39 is 0 Å². The molecule has 146 valence electrons. The summed E-state index contributed by atoms with van der Waals surface area (Å²) in [5.41, 5.74) is 0.867. The molecule has 3 rings (SSSR count). The maximum absolute atomic E-state index is 6.58. The molecule has 0 saturated carbocycles. The molecule has 1 fully saturated rings. The van der Waals surface area contributed by atoms with Crippen LogP contribution in [0, 0.1) is 0 Å². The lowest BCUT2D eigenvalue weighted by atomic mass is 9.97. The smallest absolute Gasteiger partial charge is 0.180 e. The molecule has 2 atom stereocenters. The standard InChI is InChI=1S/C18H24ClN3O2.2ClH/c1-4-12-11-13(7-8-20-12)22-10-9-21-18(22)14-5-6-15(23-2)17(24-3)16(14)19;;/h5-6,9-10,12-13,20H,4,7-8,11H2,1-3H3;2*1H/t12-,13-;;/m1../s1. The maximum Gasteiger partial charge on any atom is 0.180 e. The fraction of sp³-hybridized carbons (Fsp3) is 0.500. The number of nitrogens with one attached hydrogen (secondary N) is 1. The zero-order valence-corrected chi connectivity index (χ0v) is 17.6. The van der Waals surface area contributed by atoms with E-state index in [9.17, 15) is 0 Å². The van der Waals surface area contributed by atoms with Crippen LogP contribution in [0.2, 0.25) is 5.02 Å².